The van der Waals surface area contributed by atoms with Gasteiger partial charge in [0.1, 0.15) is 5.75 Å². The Morgan fingerprint density at radius 1 is 1.11 bits per heavy atom. The van der Waals surface area contributed by atoms with E-state index in [0.717, 1.165) is 16.5 Å². The fraction of sp³-hybridized carbons (Fsp3) is 0.200. The third kappa shape index (κ3) is 3.17. The number of benzene rings is 2. The van der Waals surface area contributed by atoms with Gasteiger partial charge in [-0.3, -0.25) is 0 Å². The van der Waals surface area contributed by atoms with Crippen molar-refractivity contribution in [2.75, 3.05) is 12.4 Å². The average Bonchev–Trinajstić information content (AvgIpc) is 2.39. The van der Waals surface area contributed by atoms with Crippen LogP contribution in [-0.4, -0.2) is 7.11 Å². The van der Waals surface area contributed by atoms with E-state index >= 15 is 0 Å². The van der Waals surface area contributed by atoms with Crippen LogP contribution in [0.2, 0.25) is 5.02 Å². The summed E-state index contributed by atoms with van der Waals surface area (Å²) in [7, 11) is 1.67. The molecule has 2 nitrogen and oxygen atoms in total. The smallest absolute Gasteiger partial charge is 0.119 e. The minimum atomic E-state index is 0.193. The molecule has 2 rings (SSSR count). The first-order chi connectivity index (χ1) is 8.69. The summed E-state index contributed by atoms with van der Waals surface area (Å²) in [6.45, 7) is 2.11. The fourth-order valence-electron chi connectivity index (χ4n) is 1.82. The predicted octanol–water partition coefficient (Wildman–Crippen LogP) is 4.52. The number of nitrogens with one attached hydrogen (secondary N) is 1. The van der Waals surface area contributed by atoms with Crippen LogP contribution in [0.1, 0.15) is 18.5 Å². The Bertz CT molecular complexity index is 527. The Hall–Kier alpha value is -1.67. The van der Waals surface area contributed by atoms with Gasteiger partial charge in [0, 0.05) is 16.8 Å². The predicted molar refractivity (Wildman–Crippen MR) is 76.5 cm³/mol. The molecule has 0 heterocycles. The maximum absolute atomic E-state index is 5.96. The third-order valence-corrected chi connectivity index (χ3v) is 3.04. The summed E-state index contributed by atoms with van der Waals surface area (Å²) >= 11 is 5.96. The molecule has 0 amide bonds. The van der Waals surface area contributed by atoms with Crippen molar-refractivity contribution in [2.45, 2.75) is 13.0 Å². The normalized spacial score (nSPS) is 11.9. The summed E-state index contributed by atoms with van der Waals surface area (Å²) < 4.78 is 5.23. The third-order valence-electron chi connectivity index (χ3n) is 2.80. The zero-order valence-electron chi connectivity index (χ0n) is 10.5. The molecule has 0 fully saturated rings. The average molecular weight is 262 g/mol. The maximum atomic E-state index is 5.96. The van der Waals surface area contributed by atoms with Crippen molar-refractivity contribution in [1.82, 2.24) is 0 Å². The van der Waals surface area contributed by atoms with Crippen LogP contribution in [0.15, 0.2) is 48.5 Å². The molecule has 0 aliphatic carbocycles. The highest BCUT2D eigenvalue weighted by molar-refractivity contribution is 6.30. The van der Waals surface area contributed by atoms with Gasteiger partial charge in [0.25, 0.3) is 0 Å². The molecular formula is C15H16ClNO. The van der Waals surface area contributed by atoms with Gasteiger partial charge in [-0.2, -0.15) is 0 Å². The second-order valence-electron chi connectivity index (χ2n) is 4.15. The van der Waals surface area contributed by atoms with Crippen LogP contribution in [0.25, 0.3) is 0 Å². The molecule has 0 aliphatic rings. The number of rotatable bonds is 4. The molecule has 2 aromatic carbocycles. The molecule has 0 aromatic heterocycles. The number of ether oxygens (including phenoxy) is 1. The van der Waals surface area contributed by atoms with Gasteiger partial charge in [0.2, 0.25) is 0 Å². The van der Waals surface area contributed by atoms with Gasteiger partial charge in [0.15, 0.2) is 0 Å². The summed E-state index contributed by atoms with van der Waals surface area (Å²) in [5.74, 6) is 0.868. The lowest BCUT2D eigenvalue weighted by Crippen LogP contribution is -2.06. The summed E-state index contributed by atoms with van der Waals surface area (Å²) in [5.41, 5.74) is 2.19. The molecule has 0 aliphatic heterocycles. The van der Waals surface area contributed by atoms with E-state index in [-0.39, 0.29) is 6.04 Å². The van der Waals surface area contributed by atoms with Gasteiger partial charge >= 0.3 is 0 Å². The van der Waals surface area contributed by atoms with Crippen LogP contribution in [0.4, 0.5) is 5.69 Å². The van der Waals surface area contributed by atoms with Crippen LogP contribution in [0.5, 0.6) is 5.75 Å². The Morgan fingerprint density at radius 3 is 2.61 bits per heavy atom. The lowest BCUT2D eigenvalue weighted by Gasteiger charge is -2.16. The topological polar surface area (TPSA) is 21.3 Å². The van der Waals surface area contributed by atoms with Crippen molar-refractivity contribution in [1.29, 1.82) is 0 Å². The molecule has 1 unspecified atom stereocenters. The molecule has 1 N–H and O–H groups in total. The van der Waals surface area contributed by atoms with Crippen molar-refractivity contribution < 1.29 is 4.74 Å². The zero-order valence-corrected chi connectivity index (χ0v) is 11.2. The van der Waals surface area contributed by atoms with Gasteiger partial charge in [-0.05, 0) is 42.8 Å². The van der Waals surface area contributed by atoms with Gasteiger partial charge in [-0.1, -0.05) is 29.8 Å². The monoisotopic (exact) mass is 261 g/mol. The minimum absolute atomic E-state index is 0.193. The Labute approximate surface area is 113 Å². The standard InChI is InChI=1S/C15H16ClNO/c1-11(12-5-3-8-15(9-12)18-2)17-14-7-4-6-13(16)10-14/h3-11,17H,1-2H3. The molecular weight excluding hydrogens is 246 g/mol. The summed E-state index contributed by atoms with van der Waals surface area (Å²) in [4.78, 5) is 0. The highest BCUT2D eigenvalue weighted by atomic mass is 35.5. The van der Waals surface area contributed by atoms with Crippen molar-refractivity contribution >= 4 is 17.3 Å². The first kappa shape index (κ1) is 12.8. The summed E-state index contributed by atoms with van der Waals surface area (Å²) in [6.07, 6.45) is 0. The quantitative estimate of drug-likeness (QED) is 0.874. The van der Waals surface area contributed by atoms with Gasteiger partial charge in [0.05, 0.1) is 7.11 Å². The second-order valence-corrected chi connectivity index (χ2v) is 4.59. The number of methoxy groups -OCH3 is 1. The lowest BCUT2D eigenvalue weighted by molar-refractivity contribution is 0.414. The van der Waals surface area contributed by atoms with E-state index in [9.17, 15) is 0 Å². The highest BCUT2D eigenvalue weighted by Crippen LogP contribution is 2.24. The molecule has 0 saturated carbocycles. The van der Waals surface area contributed by atoms with E-state index < -0.39 is 0 Å². The van der Waals surface area contributed by atoms with Crippen LogP contribution >= 0.6 is 11.6 Å². The molecule has 0 radical (unpaired) electrons. The molecule has 2 aromatic rings. The first-order valence-corrected chi connectivity index (χ1v) is 6.23. The van der Waals surface area contributed by atoms with E-state index in [2.05, 4.69) is 18.3 Å². The van der Waals surface area contributed by atoms with Crippen LogP contribution in [0, 0.1) is 0 Å². The van der Waals surface area contributed by atoms with E-state index in [1.54, 1.807) is 7.11 Å². The van der Waals surface area contributed by atoms with E-state index in [4.69, 9.17) is 16.3 Å². The van der Waals surface area contributed by atoms with Crippen LogP contribution in [-0.2, 0) is 0 Å². The lowest BCUT2D eigenvalue weighted by atomic mass is 10.1. The van der Waals surface area contributed by atoms with Crippen LogP contribution in [0.3, 0.4) is 0 Å². The second kappa shape index (κ2) is 5.78. The molecule has 1 atom stereocenters. The maximum Gasteiger partial charge on any atom is 0.119 e. The van der Waals surface area contributed by atoms with E-state index in [1.807, 2.05) is 42.5 Å². The van der Waals surface area contributed by atoms with E-state index in [0.29, 0.717) is 0 Å². The van der Waals surface area contributed by atoms with Crippen molar-refractivity contribution in [3.8, 4) is 5.75 Å². The number of anilines is 1. The Balaban J connectivity index is 2.13. The molecule has 18 heavy (non-hydrogen) atoms. The van der Waals surface area contributed by atoms with Gasteiger partial charge < -0.3 is 10.1 Å². The minimum Gasteiger partial charge on any atom is -0.497 e. The Morgan fingerprint density at radius 2 is 1.89 bits per heavy atom. The highest BCUT2D eigenvalue weighted by Gasteiger charge is 2.06. The molecule has 94 valence electrons. The molecule has 3 heteroatoms. The van der Waals surface area contributed by atoms with Crippen LogP contribution < -0.4 is 10.1 Å². The number of hydrogen-bond acceptors (Lipinski definition) is 2. The number of hydrogen-bond donors (Lipinski definition) is 1. The Kier molecular flexibility index (Phi) is 4.11. The first-order valence-electron chi connectivity index (χ1n) is 5.85. The summed E-state index contributed by atoms with van der Waals surface area (Å²) in [6, 6.07) is 15.9. The van der Waals surface area contributed by atoms with Gasteiger partial charge in [-0.25, -0.2) is 0 Å². The van der Waals surface area contributed by atoms with Crippen molar-refractivity contribution in [2.24, 2.45) is 0 Å². The molecule has 0 bridgehead atoms. The van der Waals surface area contributed by atoms with E-state index in [1.165, 1.54) is 5.56 Å². The van der Waals surface area contributed by atoms with Gasteiger partial charge in [-0.15, -0.1) is 0 Å². The molecule has 0 saturated heterocycles. The SMILES string of the molecule is COc1cccc(C(C)Nc2cccc(Cl)c2)c1. The van der Waals surface area contributed by atoms with Crippen molar-refractivity contribution in [3.05, 3.63) is 59.1 Å². The fourth-order valence-corrected chi connectivity index (χ4v) is 2.01. The molecule has 0 spiro atoms. The van der Waals surface area contributed by atoms with Crippen molar-refractivity contribution in [3.63, 3.8) is 0 Å². The zero-order chi connectivity index (χ0) is 13.0. The summed E-state index contributed by atoms with van der Waals surface area (Å²) in [5, 5.41) is 4.14. The number of halogens is 1. The largest absolute Gasteiger partial charge is 0.497 e.